The number of nitrogens with zero attached hydrogens (tertiary/aromatic N) is 3. The van der Waals surface area contributed by atoms with Crippen molar-refractivity contribution in [1.29, 1.82) is 0 Å². The summed E-state index contributed by atoms with van der Waals surface area (Å²) in [4.78, 5) is 0. The average molecular weight is 313 g/mol. The van der Waals surface area contributed by atoms with Crippen LogP contribution in [0.25, 0.3) is 5.69 Å². The molecule has 0 aliphatic rings. The molecule has 1 heterocycles. The van der Waals surface area contributed by atoms with Crippen LogP contribution in [-0.4, -0.2) is 27.7 Å². The van der Waals surface area contributed by atoms with Crippen LogP contribution in [0.3, 0.4) is 0 Å². The molecule has 0 aliphatic carbocycles. The first-order valence-electron chi connectivity index (χ1n) is 6.93. The van der Waals surface area contributed by atoms with E-state index in [4.69, 9.17) is 12.2 Å². The lowest BCUT2D eigenvalue weighted by molar-refractivity contribution is 0.833. The number of hydrogen-bond donors (Lipinski definition) is 2. The van der Waals surface area contributed by atoms with Crippen LogP contribution in [0.2, 0.25) is 0 Å². The number of hydrazone groups is 1. The molecule has 0 saturated carbocycles. The molecule has 0 amide bonds. The highest BCUT2D eigenvalue weighted by molar-refractivity contribution is 7.80. The van der Waals surface area contributed by atoms with Gasteiger partial charge in [-0.15, -0.1) is 6.58 Å². The molecule has 0 fully saturated rings. The van der Waals surface area contributed by atoms with Crippen molar-refractivity contribution in [2.24, 2.45) is 5.10 Å². The zero-order chi connectivity index (χ0) is 15.9. The van der Waals surface area contributed by atoms with Crippen LogP contribution in [0.1, 0.15) is 17.0 Å². The van der Waals surface area contributed by atoms with Crippen molar-refractivity contribution in [3.63, 3.8) is 0 Å². The van der Waals surface area contributed by atoms with Crippen molar-refractivity contribution in [2.45, 2.75) is 13.8 Å². The van der Waals surface area contributed by atoms with Crippen LogP contribution in [0, 0.1) is 13.8 Å². The normalized spacial score (nSPS) is 10.6. The van der Waals surface area contributed by atoms with Crippen molar-refractivity contribution >= 4 is 23.5 Å². The third-order valence-corrected chi connectivity index (χ3v) is 3.35. The second-order valence-corrected chi connectivity index (χ2v) is 5.11. The lowest BCUT2D eigenvalue weighted by atomic mass is 10.2. The number of benzene rings is 1. The quantitative estimate of drug-likeness (QED) is 0.385. The molecule has 1 aromatic heterocycles. The summed E-state index contributed by atoms with van der Waals surface area (Å²) in [5.74, 6) is 0. The molecular weight excluding hydrogens is 294 g/mol. The minimum atomic E-state index is 0.460. The number of hydrogen-bond acceptors (Lipinski definition) is 3. The number of nitrogens with one attached hydrogen (secondary N) is 2. The fourth-order valence-electron chi connectivity index (χ4n) is 2.02. The van der Waals surface area contributed by atoms with Gasteiger partial charge in [0.2, 0.25) is 0 Å². The summed E-state index contributed by atoms with van der Waals surface area (Å²) < 4.78 is 1.91. The fraction of sp³-hybridized carbons (Fsp3) is 0.188. The van der Waals surface area contributed by atoms with Gasteiger partial charge in [-0.3, -0.25) is 5.43 Å². The van der Waals surface area contributed by atoms with Crippen LogP contribution in [-0.2, 0) is 0 Å². The van der Waals surface area contributed by atoms with E-state index < -0.39 is 0 Å². The molecule has 114 valence electrons. The summed E-state index contributed by atoms with van der Waals surface area (Å²) >= 11 is 5.08. The van der Waals surface area contributed by atoms with Crippen LogP contribution < -0.4 is 10.7 Å². The summed E-state index contributed by atoms with van der Waals surface area (Å²) in [6, 6.07) is 10.0. The van der Waals surface area contributed by atoms with E-state index in [9.17, 15) is 0 Å². The number of thiocarbonyl (C=S) groups is 1. The first-order valence-corrected chi connectivity index (χ1v) is 7.33. The Balaban J connectivity index is 2.14. The van der Waals surface area contributed by atoms with Gasteiger partial charge in [0.1, 0.15) is 0 Å². The molecular formula is C16H19N5S. The van der Waals surface area contributed by atoms with E-state index >= 15 is 0 Å². The Morgan fingerprint density at radius 1 is 1.36 bits per heavy atom. The van der Waals surface area contributed by atoms with E-state index in [1.165, 1.54) is 0 Å². The standard InChI is InChI=1S/C16H19N5S/c1-4-10-17-16(22)19-18-11-15-12(2)20-21(13(15)3)14-8-6-5-7-9-14/h4-9,11H,1,10H2,2-3H3,(H2,17,19,22)/b18-11-. The Hall–Kier alpha value is -2.47. The maximum atomic E-state index is 5.08. The zero-order valence-electron chi connectivity index (χ0n) is 12.7. The smallest absolute Gasteiger partial charge is 0.187 e. The molecule has 2 rings (SSSR count). The minimum Gasteiger partial charge on any atom is -0.358 e. The Morgan fingerprint density at radius 2 is 2.09 bits per heavy atom. The van der Waals surface area contributed by atoms with Gasteiger partial charge in [-0.1, -0.05) is 24.3 Å². The molecule has 5 nitrogen and oxygen atoms in total. The van der Waals surface area contributed by atoms with E-state index in [1.807, 2.05) is 48.9 Å². The minimum absolute atomic E-state index is 0.460. The topological polar surface area (TPSA) is 54.2 Å². The van der Waals surface area contributed by atoms with E-state index in [0.29, 0.717) is 11.7 Å². The highest BCUT2D eigenvalue weighted by Gasteiger charge is 2.10. The van der Waals surface area contributed by atoms with Crippen molar-refractivity contribution < 1.29 is 0 Å². The van der Waals surface area contributed by atoms with E-state index in [0.717, 1.165) is 22.6 Å². The van der Waals surface area contributed by atoms with Gasteiger partial charge in [-0.25, -0.2) is 4.68 Å². The molecule has 6 heteroatoms. The van der Waals surface area contributed by atoms with E-state index in [1.54, 1.807) is 12.3 Å². The molecule has 2 aromatic rings. The molecule has 0 spiro atoms. The van der Waals surface area contributed by atoms with Gasteiger partial charge in [0.25, 0.3) is 0 Å². The molecule has 0 radical (unpaired) electrons. The number of aryl methyl sites for hydroxylation is 1. The molecule has 0 unspecified atom stereocenters. The largest absolute Gasteiger partial charge is 0.358 e. The van der Waals surface area contributed by atoms with Gasteiger partial charge in [-0.2, -0.15) is 10.2 Å². The highest BCUT2D eigenvalue weighted by Crippen LogP contribution is 2.15. The summed E-state index contributed by atoms with van der Waals surface area (Å²) in [5, 5.41) is 12.1. The van der Waals surface area contributed by atoms with Crippen molar-refractivity contribution in [2.75, 3.05) is 6.54 Å². The maximum absolute atomic E-state index is 5.08. The predicted octanol–water partition coefficient (Wildman–Crippen LogP) is 2.47. The molecule has 0 saturated heterocycles. The molecule has 0 bridgehead atoms. The van der Waals surface area contributed by atoms with E-state index in [2.05, 4.69) is 27.5 Å². The average Bonchev–Trinajstić information content (AvgIpc) is 2.81. The first-order chi connectivity index (χ1) is 10.6. The van der Waals surface area contributed by atoms with Crippen LogP contribution in [0.4, 0.5) is 0 Å². The fourth-order valence-corrected chi connectivity index (χ4v) is 2.16. The van der Waals surface area contributed by atoms with E-state index in [-0.39, 0.29) is 0 Å². The number of rotatable bonds is 5. The van der Waals surface area contributed by atoms with Gasteiger partial charge >= 0.3 is 0 Å². The number of para-hydroxylation sites is 1. The van der Waals surface area contributed by atoms with Gasteiger partial charge in [-0.05, 0) is 38.2 Å². The lowest BCUT2D eigenvalue weighted by Gasteiger charge is -2.04. The lowest BCUT2D eigenvalue weighted by Crippen LogP contribution is -2.31. The molecule has 1 aromatic carbocycles. The Morgan fingerprint density at radius 3 is 2.77 bits per heavy atom. The molecule has 22 heavy (non-hydrogen) atoms. The summed E-state index contributed by atoms with van der Waals surface area (Å²) in [7, 11) is 0. The monoisotopic (exact) mass is 313 g/mol. The van der Waals surface area contributed by atoms with Crippen LogP contribution in [0.15, 0.2) is 48.1 Å². The third kappa shape index (κ3) is 3.79. The first kappa shape index (κ1) is 15.9. The Bertz CT molecular complexity index is 688. The van der Waals surface area contributed by atoms with Crippen molar-refractivity contribution in [1.82, 2.24) is 20.5 Å². The SMILES string of the molecule is C=CCNC(=S)N/N=C\c1c(C)nn(-c2ccccc2)c1C. The van der Waals surface area contributed by atoms with Crippen molar-refractivity contribution in [3.05, 3.63) is 59.9 Å². The van der Waals surface area contributed by atoms with Gasteiger partial charge in [0.15, 0.2) is 5.11 Å². The number of aromatic nitrogens is 2. The molecule has 0 atom stereocenters. The summed E-state index contributed by atoms with van der Waals surface area (Å²) in [6.45, 7) is 8.20. The second-order valence-electron chi connectivity index (χ2n) is 4.70. The zero-order valence-corrected chi connectivity index (χ0v) is 13.5. The van der Waals surface area contributed by atoms with Gasteiger partial charge < -0.3 is 5.32 Å². The summed E-state index contributed by atoms with van der Waals surface area (Å²) in [5.41, 5.74) is 6.72. The van der Waals surface area contributed by atoms with Gasteiger partial charge in [0.05, 0.1) is 23.3 Å². The Labute approximate surface area is 135 Å². The van der Waals surface area contributed by atoms with Crippen LogP contribution in [0.5, 0.6) is 0 Å². The second kappa shape index (κ2) is 7.51. The molecule has 0 aliphatic heterocycles. The van der Waals surface area contributed by atoms with Crippen LogP contribution >= 0.6 is 12.2 Å². The Kier molecular flexibility index (Phi) is 5.43. The predicted molar refractivity (Wildman–Crippen MR) is 94.6 cm³/mol. The molecule has 2 N–H and O–H groups in total. The highest BCUT2D eigenvalue weighted by atomic mass is 32.1. The van der Waals surface area contributed by atoms with Gasteiger partial charge in [0, 0.05) is 12.1 Å². The maximum Gasteiger partial charge on any atom is 0.187 e. The summed E-state index contributed by atoms with van der Waals surface area (Å²) in [6.07, 6.45) is 3.47. The third-order valence-electron chi connectivity index (χ3n) is 3.11. The van der Waals surface area contributed by atoms with Crippen molar-refractivity contribution in [3.8, 4) is 5.69 Å².